The van der Waals surface area contributed by atoms with Gasteiger partial charge in [-0.3, -0.25) is 0 Å². The zero-order valence-corrected chi connectivity index (χ0v) is 7.76. The van der Waals surface area contributed by atoms with E-state index in [1.165, 1.54) is 17.9 Å². The second-order valence-corrected chi connectivity index (χ2v) is 2.51. The SMILES string of the molecule is CCOC(=O)c1c([N+](=O)[O-])ncn1C. The number of carbonyl (C=O) groups excluding carboxylic acids is 1. The molecule has 0 N–H and O–H groups in total. The Bertz CT molecular complexity index is 371. The van der Waals surface area contributed by atoms with Crippen LogP contribution in [0.2, 0.25) is 0 Å². The molecule has 7 nitrogen and oxygen atoms in total. The van der Waals surface area contributed by atoms with Gasteiger partial charge in [-0.05, 0) is 16.8 Å². The summed E-state index contributed by atoms with van der Waals surface area (Å²) < 4.78 is 5.91. The summed E-state index contributed by atoms with van der Waals surface area (Å²) in [5.74, 6) is -1.22. The molecule has 0 atom stereocenters. The lowest BCUT2D eigenvalue weighted by molar-refractivity contribution is -0.389. The molecule has 0 aliphatic rings. The van der Waals surface area contributed by atoms with Gasteiger partial charge in [-0.2, -0.15) is 0 Å². The normalized spacial score (nSPS) is 9.86. The van der Waals surface area contributed by atoms with E-state index in [2.05, 4.69) is 9.72 Å². The average Bonchev–Trinajstić information content (AvgIpc) is 2.47. The van der Waals surface area contributed by atoms with E-state index >= 15 is 0 Å². The highest BCUT2D eigenvalue weighted by atomic mass is 16.6. The highest BCUT2D eigenvalue weighted by Crippen LogP contribution is 2.15. The Labute approximate surface area is 79.5 Å². The fourth-order valence-electron chi connectivity index (χ4n) is 0.986. The lowest BCUT2D eigenvalue weighted by atomic mass is 10.4. The minimum Gasteiger partial charge on any atom is -0.461 e. The molecule has 0 amide bonds. The molecule has 0 unspecified atom stereocenters. The monoisotopic (exact) mass is 199 g/mol. The molecular weight excluding hydrogens is 190 g/mol. The molecular formula is C7H9N3O4. The first-order valence-corrected chi connectivity index (χ1v) is 3.90. The molecule has 1 aromatic rings. The molecule has 0 fully saturated rings. The number of nitrogens with zero attached hydrogens (tertiary/aromatic N) is 3. The minimum absolute atomic E-state index is 0.142. The van der Waals surface area contributed by atoms with Crippen LogP contribution in [0, 0.1) is 10.1 Å². The Morgan fingerprint density at radius 2 is 2.43 bits per heavy atom. The predicted octanol–water partition coefficient (Wildman–Crippen LogP) is 0.505. The second-order valence-electron chi connectivity index (χ2n) is 2.51. The third-order valence-corrected chi connectivity index (χ3v) is 1.56. The van der Waals surface area contributed by atoms with Crippen LogP contribution in [0.15, 0.2) is 6.33 Å². The van der Waals surface area contributed by atoms with E-state index in [9.17, 15) is 14.9 Å². The summed E-state index contributed by atoms with van der Waals surface area (Å²) in [5, 5.41) is 10.5. The van der Waals surface area contributed by atoms with Crippen LogP contribution in [0.4, 0.5) is 5.82 Å². The van der Waals surface area contributed by atoms with Gasteiger partial charge in [0.25, 0.3) is 0 Å². The maximum Gasteiger partial charge on any atom is 0.396 e. The van der Waals surface area contributed by atoms with Crippen molar-refractivity contribution in [2.75, 3.05) is 6.61 Å². The number of esters is 1. The van der Waals surface area contributed by atoms with Crippen molar-refractivity contribution in [3.8, 4) is 0 Å². The molecule has 0 aliphatic carbocycles. The van der Waals surface area contributed by atoms with Gasteiger partial charge >= 0.3 is 11.8 Å². The third-order valence-electron chi connectivity index (χ3n) is 1.56. The molecule has 0 spiro atoms. The number of rotatable bonds is 3. The van der Waals surface area contributed by atoms with Crippen LogP contribution < -0.4 is 0 Å². The fourth-order valence-corrected chi connectivity index (χ4v) is 0.986. The molecule has 0 aliphatic heterocycles. The van der Waals surface area contributed by atoms with E-state index in [4.69, 9.17) is 0 Å². The van der Waals surface area contributed by atoms with Gasteiger partial charge in [-0.15, -0.1) is 0 Å². The third kappa shape index (κ3) is 1.70. The summed E-state index contributed by atoms with van der Waals surface area (Å²) in [5.41, 5.74) is -0.142. The molecule has 76 valence electrons. The van der Waals surface area contributed by atoms with Crippen LogP contribution in [-0.2, 0) is 11.8 Å². The maximum atomic E-state index is 11.3. The maximum absolute atomic E-state index is 11.3. The summed E-state index contributed by atoms with van der Waals surface area (Å²) >= 11 is 0. The molecule has 0 radical (unpaired) electrons. The number of ether oxygens (including phenoxy) is 1. The Kier molecular flexibility index (Phi) is 2.80. The average molecular weight is 199 g/mol. The van der Waals surface area contributed by atoms with Crippen molar-refractivity contribution in [2.24, 2.45) is 7.05 Å². The first-order chi connectivity index (χ1) is 6.57. The predicted molar refractivity (Wildman–Crippen MR) is 45.8 cm³/mol. The molecule has 14 heavy (non-hydrogen) atoms. The molecule has 1 rings (SSSR count). The number of hydrogen-bond donors (Lipinski definition) is 0. The van der Waals surface area contributed by atoms with Crippen molar-refractivity contribution in [2.45, 2.75) is 6.92 Å². The quantitative estimate of drug-likeness (QED) is 0.402. The molecule has 0 aromatic carbocycles. The van der Waals surface area contributed by atoms with Gasteiger partial charge in [0.2, 0.25) is 12.0 Å². The number of aryl methyl sites for hydroxylation is 1. The number of nitro groups is 1. The molecule has 0 bridgehead atoms. The van der Waals surface area contributed by atoms with Crippen LogP contribution in [0.25, 0.3) is 0 Å². The molecule has 0 saturated heterocycles. The molecule has 1 heterocycles. The second kappa shape index (κ2) is 3.86. The van der Waals surface area contributed by atoms with Crippen LogP contribution in [0.1, 0.15) is 17.4 Å². The summed E-state index contributed by atoms with van der Waals surface area (Å²) in [4.78, 5) is 24.5. The van der Waals surface area contributed by atoms with Crippen molar-refractivity contribution >= 4 is 11.8 Å². The summed E-state index contributed by atoms with van der Waals surface area (Å²) in [6, 6.07) is 0. The van der Waals surface area contributed by atoms with Gasteiger partial charge < -0.3 is 19.4 Å². The van der Waals surface area contributed by atoms with E-state index in [-0.39, 0.29) is 12.3 Å². The van der Waals surface area contributed by atoms with Crippen molar-refractivity contribution in [1.82, 2.24) is 9.55 Å². The van der Waals surface area contributed by atoms with E-state index in [1.807, 2.05) is 0 Å². The summed E-state index contributed by atoms with van der Waals surface area (Å²) in [7, 11) is 1.49. The Hall–Kier alpha value is -1.92. The lowest BCUT2D eigenvalue weighted by Crippen LogP contribution is -2.11. The van der Waals surface area contributed by atoms with E-state index < -0.39 is 16.7 Å². The van der Waals surface area contributed by atoms with E-state index in [1.54, 1.807) is 6.92 Å². The summed E-state index contributed by atoms with van der Waals surface area (Å²) in [6.07, 6.45) is 1.20. The van der Waals surface area contributed by atoms with Crippen molar-refractivity contribution in [3.63, 3.8) is 0 Å². The van der Waals surface area contributed by atoms with Crippen LogP contribution >= 0.6 is 0 Å². The number of aromatic nitrogens is 2. The lowest BCUT2D eigenvalue weighted by Gasteiger charge is -2.00. The Morgan fingerprint density at radius 1 is 1.79 bits per heavy atom. The van der Waals surface area contributed by atoms with Crippen molar-refractivity contribution in [1.29, 1.82) is 0 Å². The standard InChI is InChI=1S/C7H9N3O4/c1-3-14-7(11)5-6(10(12)13)8-4-9(5)2/h4H,3H2,1-2H3. The Balaban J connectivity index is 3.11. The largest absolute Gasteiger partial charge is 0.461 e. The number of imidazole rings is 1. The highest BCUT2D eigenvalue weighted by molar-refractivity contribution is 5.91. The minimum atomic E-state index is -0.737. The van der Waals surface area contributed by atoms with Crippen molar-refractivity contribution < 1.29 is 14.5 Å². The fraction of sp³-hybridized carbons (Fsp3) is 0.429. The Morgan fingerprint density at radius 3 is 2.93 bits per heavy atom. The first-order valence-electron chi connectivity index (χ1n) is 3.90. The molecule has 0 saturated carbocycles. The summed E-state index contributed by atoms with van der Waals surface area (Å²) in [6.45, 7) is 1.79. The number of carbonyl (C=O) groups is 1. The molecule has 1 aromatic heterocycles. The zero-order valence-electron chi connectivity index (χ0n) is 7.76. The van der Waals surface area contributed by atoms with Gasteiger partial charge in [0.05, 0.1) is 6.61 Å². The number of hydrogen-bond acceptors (Lipinski definition) is 5. The van der Waals surface area contributed by atoms with Crippen LogP contribution in [0.3, 0.4) is 0 Å². The van der Waals surface area contributed by atoms with Gasteiger partial charge in [-0.25, -0.2) is 4.79 Å². The van der Waals surface area contributed by atoms with Gasteiger partial charge in [-0.1, -0.05) is 0 Å². The van der Waals surface area contributed by atoms with Crippen LogP contribution in [-0.4, -0.2) is 27.1 Å². The highest BCUT2D eigenvalue weighted by Gasteiger charge is 2.27. The zero-order chi connectivity index (χ0) is 10.7. The van der Waals surface area contributed by atoms with Crippen molar-refractivity contribution in [3.05, 3.63) is 22.1 Å². The topological polar surface area (TPSA) is 87.3 Å². The first kappa shape index (κ1) is 10.2. The van der Waals surface area contributed by atoms with Crippen LogP contribution in [0.5, 0.6) is 0 Å². The van der Waals surface area contributed by atoms with E-state index in [0.29, 0.717) is 0 Å². The van der Waals surface area contributed by atoms with Gasteiger partial charge in [0.15, 0.2) is 0 Å². The van der Waals surface area contributed by atoms with Gasteiger partial charge in [0.1, 0.15) is 0 Å². The van der Waals surface area contributed by atoms with Gasteiger partial charge in [0, 0.05) is 7.05 Å². The smallest absolute Gasteiger partial charge is 0.396 e. The molecule has 7 heteroatoms. The van der Waals surface area contributed by atoms with E-state index in [0.717, 1.165) is 0 Å².